The van der Waals surface area contributed by atoms with Gasteiger partial charge in [0.05, 0.1) is 5.56 Å². The molecule has 1 aromatic heterocycles. The number of epoxide rings is 1. The van der Waals surface area contributed by atoms with Gasteiger partial charge in [0.1, 0.15) is 6.10 Å². The zero-order valence-corrected chi connectivity index (χ0v) is 8.62. The quantitative estimate of drug-likeness (QED) is 0.601. The number of rotatable bonds is 1. The number of hydrogen-bond acceptors (Lipinski definition) is 4. The lowest BCUT2D eigenvalue weighted by Gasteiger charge is -2.16. The minimum Gasteiger partial charge on any atom is -0.366 e. The predicted molar refractivity (Wildman–Crippen MR) is 56.7 cm³/mol. The summed E-state index contributed by atoms with van der Waals surface area (Å²) in [6.45, 7) is 0. The lowest BCUT2D eigenvalue weighted by molar-refractivity contribution is 0.156. The number of aromatic nitrogens is 1. The monoisotopic (exact) mass is 220 g/mol. The van der Waals surface area contributed by atoms with E-state index < -0.39 is 12.4 Å². The van der Waals surface area contributed by atoms with Crippen molar-refractivity contribution in [2.45, 2.75) is 31.7 Å². The van der Waals surface area contributed by atoms with Gasteiger partial charge in [-0.05, 0) is 25.3 Å². The molecule has 1 aromatic rings. The lowest BCUT2D eigenvalue weighted by Crippen LogP contribution is -2.22. The molecule has 2 heterocycles. The van der Waals surface area contributed by atoms with Gasteiger partial charge in [-0.15, -0.1) is 0 Å². The first-order valence-electron chi connectivity index (χ1n) is 5.34. The van der Waals surface area contributed by atoms with Gasteiger partial charge in [-0.1, -0.05) is 0 Å². The van der Waals surface area contributed by atoms with E-state index in [4.69, 9.17) is 15.3 Å². The van der Waals surface area contributed by atoms with E-state index in [2.05, 4.69) is 4.98 Å². The topological polar surface area (TPSA) is 89.5 Å². The van der Waals surface area contributed by atoms with Gasteiger partial charge in [0.2, 0.25) is 0 Å². The van der Waals surface area contributed by atoms with Crippen molar-refractivity contribution < 1.29 is 9.84 Å². The van der Waals surface area contributed by atoms with Crippen LogP contribution in [-0.2, 0) is 11.2 Å². The largest absolute Gasteiger partial charge is 0.366 e. The number of nitrogens with one attached hydrogen (secondary N) is 2. The fourth-order valence-corrected chi connectivity index (χ4v) is 2.17. The van der Waals surface area contributed by atoms with Gasteiger partial charge in [-0.25, -0.2) is 0 Å². The van der Waals surface area contributed by atoms with Crippen LogP contribution in [0.4, 0.5) is 0 Å². The molecule has 0 bridgehead atoms. The standard InChI is InChI=1S/C11H12N2O3/c12-7-2-1-3-8-5(7)4-6(10(14)13-8)9-11(15)16-9/h4,9,11-12,15H,1-3H2,(H,13,14). The van der Waals surface area contributed by atoms with Crippen LogP contribution in [0.15, 0.2) is 10.9 Å². The molecule has 84 valence electrons. The summed E-state index contributed by atoms with van der Waals surface area (Å²) in [5, 5.41) is 17.0. The first-order chi connectivity index (χ1) is 7.66. The number of aliphatic hydroxyl groups is 1. The average molecular weight is 220 g/mol. The Morgan fingerprint density at radius 2 is 2.25 bits per heavy atom. The fourth-order valence-electron chi connectivity index (χ4n) is 2.17. The predicted octanol–water partition coefficient (Wildman–Crippen LogP) is 0.469. The number of H-pyrrole nitrogens is 1. The fraction of sp³-hybridized carbons (Fsp3) is 0.455. The highest BCUT2D eigenvalue weighted by Crippen LogP contribution is 2.35. The molecule has 0 amide bonds. The Labute approximate surface area is 91.6 Å². The SMILES string of the molecule is N=C1CCCc2[nH]c(=O)c(C3OC3O)cc21. The molecule has 1 aliphatic carbocycles. The smallest absolute Gasteiger partial charge is 0.254 e. The Balaban J connectivity index is 2.11. The summed E-state index contributed by atoms with van der Waals surface area (Å²) in [4.78, 5) is 14.5. The maximum absolute atomic E-state index is 11.7. The molecule has 0 spiro atoms. The number of hydrogen-bond donors (Lipinski definition) is 3. The summed E-state index contributed by atoms with van der Waals surface area (Å²) in [5.41, 5.74) is 2.39. The van der Waals surface area contributed by atoms with Crippen molar-refractivity contribution in [3.05, 3.63) is 33.2 Å². The van der Waals surface area contributed by atoms with Crippen LogP contribution < -0.4 is 5.56 Å². The van der Waals surface area contributed by atoms with Gasteiger partial charge < -0.3 is 20.2 Å². The minimum absolute atomic E-state index is 0.213. The Kier molecular flexibility index (Phi) is 1.99. The number of aromatic amines is 1. The van der Waals surface area contributed by atoms with Gasteiger partial charge in [-0.3, -0.25) is 4.79 Å². The molecule has 0 radical (unpaired) electrons. The molecule has 2 aliphatic rings. The van der Waals surface area contributed by atoms with Crippen molar-refractivity contribution in [1.82, 2.24) is 4.98 Å². The Bertz CT molecular complexity index is 520. The van der Waals surface area contributed by atoms with E-state index >= 15 is 0 Å². The second-order valence-corrected chi connectivity index (χ2v) is 4.23. The van der Waals surface area contributed by atoms with Gasteiger partial charge >= 0.3 is 0 Å². The van der Waals surface area contributed by atoms with Crippen molar-refractivity contribution in [2.24, 2.45) is 0 Å². The molecule has 3 N–H and O–H groups in total. The van der Waals surface area contributed by atoms with Crippen LogP contribution in [0.3, 0.4) is 0 Å². The molecule has 3 rings (SSSR count). The van der Waals surface area contributed by atoms with Crippen molar-refractivity contribution in [3.63, 3.8) is 0 Å². The number of aryl methyl sites for hydroxylation is 1. The van der Waals surface area contributed by atoms with Crippen molar-refractivity contribution >= 4 is 5.71 Å². The molecule has 1 aliphatic heterocycles. The maximum atomic E-state index is 11.7. The van der Waals surface area contributed by atoms with Crippen molar-refractivity contribution in [1.29, 1.82) is 5.41 Å². The zero-order chi connectivity index (χ0) is 11.3. The van der Waals surface area contributed by atoms with E-state index in [1.165, 1.54) is 0 Å². The second kappa shape index (κ2) is 3.26. The molecule has 5 nitrogen and oxygen atoms in total. The average Bonchev–Trinajstić information content (AvgIpc) is 2.95. The molecular weight excluding hydrogens is 208 g/mol. The van der Waals surface area contributed by atoms with Crippen LogP contribution in [0.1, 0.15) is 35.8 Å². The second-order valence-electron chi connectivity index (χ2n) is 4.23. The Morgan fingerprint density at radius 3 is 2.94 bits per heavy atom. The van der Waals surface area contributed by atoms with Gasteiger partial charge in [0.25, 0.3) is 5.56 Å². The van der Waals surface area contributed by atoms with Gasteiger partial charge in [0, 0.05) is 17.0 Å². The lowest BCUT2D eigenvalue weighted by atomic mass is 9.93. The van der Waals surface area contributed by atoms with E-state index in [9.17, 15) is 4.79 Å². The minimum atomic E-state index is -0.864. The molecule has 1 saturated heterocycles. The van der Waals surface area contributed by atoms with Crippen LogP contribution in [0.25, 0.3) is 0 Å². The van der Waals surface area contributed by atoms with E-state index in [-0.39, 0.29) is 5.56 Å². The highest BCUT2D eigenvalue weighted by atomic mass is 16.7. The number of fused-ring (bicyclic) bond motifs is 1. The molecule has 1 fully saturated rings. The third-order valence-electron chi connectivity index (χ3n) is 3.11. The Morgan fingerprint density at radius 1 is 1.50 bits per heavy atom. The molecule has 16 heavy (non-hydrogen) atoms. The summed E-state index contributed by atoms with van der Waals surface area (Å²) in [6.07, 6.45) is 1.08. The summed E-state index contributed by atoms with van der Waals surface area (Å²) in [6, 6.07) is 1.69. The molecule has 0 aromatic carbocycles. The molecular formula is C11H12N2O3. The van der Waals surface area contributed by atoms with Crippen LogP contribution >= 0.6 is 0 Å². The molecule has 0 saturated carbocycles. The van der Waals surface area contributed by atoms with Crippen LogP contribution in [-0.4, -0.2) is 22.1 Å². The number of aliphatic hydroxyl groups excluding tert-OH is 1. The number of ether oxygens (including phenoxy) is 1. The van der Waals surface area contributed by atoms with Gasteiger partial charge in [-0.2, -0.15) is 0 Å². The first kappa shape index (κ1) is 9.74. The van der Waals surface area contributed by atoms with Crippen LogP contribution in [0, 0.1) is 5.41 Å². The van der Waals surface area contributed by atoms with E-state index in [1.807, 2.05) is 0 Å². The summed E-state index contributed by atoms with van der Waals surface area (Å²) in [5.74, 6) is 0. The summed E-state index contributed by atoms with van der Waals surface area (Å²) in [7, 11) is 0. The highest BCUT2D eigenvalue weighted by Gasteiger charge is 2.41. The van der Waals surface area contributed by atoms with E-state index in [0.29, 0.717) is 11.3 Å². The summed E-state index contributed by atoms with van der Waals surface area (Å²) < 4.78 is 4.88. The highest BCUT2D eigenvalue weighted by molar-refractivity contribution is 6.00. The summed E-state index contributed by atoms with van der Waals surface area (Å²) >= 11 is 0. The van der Waals surface area contributed by atoms with E-state index in [0.717, 1.165) is 30.5 Å². The third-order valence-corrected chi connectivity index (χ3v) is 3.11. The number of pyridine rings is 1. The van der Waals surface area contributed by atoms with Gasteiger partial charge in [0.15, 0.2) is 6.29 Å². The zero-order valence-electron chi connectivity index (χ0n) is 8.62. The third kappa shape index (κ3) is 1.40. The normalized spacial score (nSPS) is 27.7. The van der Waals surface area contributed by atoms with Crippen LogP contribution in [0.5, 0.6) is 0 Å². The first-order valence-corrected chi connectivity index (χ1v) is 5.34. The van der Waals surface area contributed by atoms with Crippen molar-refractivity contribution in [2.75, 3.05) is 0 Å². The van der Waals surface area contributed by atoms with Crippen LogP contribution in [0.2, 0.25) is 0 Å². The maximum Gasteiger partial charge on any atom is 0.254 e. The van der Waals surface area contributed by atoms with E-state index in [1.54, 1.807) is 6.07 Å². The molecule has 2 atom stereocenters. The Hall–Kier alpha value is -1.46. The van der Waals surface area contributed by atoms with Crippen molar-refractivity contribution in [3.8, 4) is 0 Å². The molecule has 5 heteroatoms. The molecule has 2 unspecified atom stereocenters.